The second-order valence-corrected chi connectivity index (χ2v) is 6.86. The molecule has 4 rings (SSSR count). The van der Waals surface area contributed by atoms with E-state index in [-0.39, 0.29) is 6.61 Å². The Kier molecular flexibility index (Phi) is 3.93. The maximum atomic E-state index is 12.2. The fraction of sp³-hybridized carbons (Fsp3) is 0.333. The molecule has 0 aromatic heterocycles. The van der Waals surface area contributed by atoms with Crippen molar-refractivity contribution in [2.45, 2.75) is 31.3 Å². The maximum absolute atomic E-state index is 12.2. The van der Waals surface area contributed by atoms with E-state index in [0.29, 0.717) is 17.5 Å². The summed E-state index contributed by atoms with van der Waals surface area (Å²) in [6.45, 7) is 0.226. The van der Waals surface area contributed by atoms with Gasteiger partial charge in [0, 0.05) is 5.69 Å². The number of fused-ring (bicyclic) bond motifs is 1. The van der Waals surface area contributed by atoms with Crippen LogP contribution >= 0.6 is 0 Å². The summed E-state index contributed by atoms with van der Waals surface area (Å²) in [5.74, 6) is 0.863. The summed E-state index contributed by atoms with van der Waals surface area (Å²) in [5, 5.41) is 12.7. The Morgan fingerprint density at radius 2 is 1.80 bits per heavy atom. The number of carbonyl (C=O) groups is 1. The summed E-state index contributed by atoms with van der Waals surface area (Å²) >= 11 is 0. The van der Waals surface area contributed by atoms with Crippen LogP contribution in [0.25, 0.3) is 0 Å². The quantitative estimate of drug-likeness (QED) is 0.888. The lowest BCUT2D eigenvalue weighted by Gasteiger charge is -2.18. The van der Waals surface area contributed by atoms with Gasteiger partial charge in [0.1, 0.15) is 6.61 Å². The van der Waals surface area contributed by atoms with Gasteiger partial charge in [-0.1, -0.05) is 55.0 Å². The van der Waals surface area contributed by atoms with Crippen LogP contribution in [0.3, 0.4) is 0 Å². The summed E-state index contributed by atoms with van der Waals surface area (Å²) < 4.78 is 5.31. The summed E-state index contributed by atoms with van der Waals surface area (Å²) in [6, 6.07) is 19.8. The number of para-hydroxylation sites is 1. The van der Waals surface area contributed by atoms with Gasteiger partial charge in [0.25, 0.3) is 0 Å². The van der Waals surface area contributed by atoms with E-state index in [9.17, 15) is 10.1 Å². The van der Waals surface area contributed by atoms with Gasteiger partial charge in [-0.25, -0.2) is 4.79 Å². The first-order valence-corrected chi connectivity index (χ1v) is 8.74. The number of benzene rings is 2. The molecule has 2 unspecified atom stereocenters. The van der Waals surface area contributed by atoms with Gasteiger partial charge in [0.15, 0.2) is 0 Å². The van der Waals surface area contributed by atoms with E-state index in [0.717, 1.165) is 24.0 Å². The first kappa shape index (κ1) is 15.7. The third kappa shape index (κ3) is 2.66. The molecule has 126 valence electrons. The third-order valence-electron chi connectivity index (χ3n) is 5.58. The number of hydrogen-bond acceptors (Lipinski definition) is 3. The van der Waals surface area contributed by atoms with Crippen molar-refractivity contribution in [3.63, 3.8) is 0 Å². The monoisotopic (exact) mass is 332 g/mol. The minimum absolute atomic E-state index is 0.226. The predicted octanol–water partition coefficient (Wildman–Crippen LogP) is 4.63. The van der Waals surface area contributed by atoms with Crippen LogP contribution in [0.4, 0.5) is 10.5 Å². The molecule has 0 saturated heterocycles. The van der Waals surface area contributed by atoms with E-state index in [2.05, 4.69) is 11.4 Å². The van der Waals surface area contributed by atoms with Gasteiger partial charge < -0.3 is 4.74 Å². The Bertz CT molecular complexity index is 815. The molecule has 25 heavy (non-hydrogen) atoms. The Labute approximate surface area is 147 Å². The lowest BCUT2D eigenvalue weighted by atomic mass is 9.87. The van der Waals surface area contributed by atoms with Crippen LogP contribution in [0.2, 0.25) is 0 Å². The normalized spacial score (nSPS) is 26.4. The molecule has 4 nitrogen and oxygen atoms in total. The molecule has 2 saturated carbocycles. The minimum Gasteiger partial charge on any atom is -0.444 e. The van der Waals surface area contributed by atoms with Crippen molar-refractivity contribution >= 4 is 11.8 Å². The number of nitriles is 1. The Morgan fingerprint density at radius 3 is 2.52 bits per heavy atom. The molecule has 2 aromatic carbocycles. The SMILES string of the molecule is N#CC1(c2ccccc2NC(=O)OCc2ccccc2)C2CCC[C@@H]21. The van der Waals surface area contributed by atoms with Crippen LogP contribution in [0.15, 0.2) is 54.6 Å². The number of carbonyl (C=O) groups excluding carboxylic acids is 1. The summed E-state index contributed by atoms with van der Waals surface area (Å²) in [4.78, 5) is 12.2. The van der Waals surface area contributed by atoms with Crippen molar-refractivity contribution in [2.75, 3.05) is 5.32 Å². The van der Waals surface area contributed by atoms with E-state index in [1.54, 1.807) is 0 Å². The number of ether oxygens (including phenoxy) is 1. The van der Waals surface area contributed by atoms with Crippen molar-refractivity contribution in [2.24, 2.45) is 11.8 Å². The van der Waals surface area contributed by atoms with Gasteiger partial charge in [-0.05, 0) is 41.9 Å². The molecule has 2 aliphatic carbocycles. The van der Waals surface area contributed by atoms with E-state index < -0.39 is 11.5 Å². The molecule has 2 fully saturated rings. The summed E-state index contributed by atoms with van der Waals surface area (Å²) in [7, 11) is 0. The second kappa shape index (κ2) is 6.25. The lowest BCUT2D eigenvalue weighted by molar-refractivity contribution is 0.155. The van der Waals surface area contributed by atoms with E-state index >= 15 is 0 Å². The van der Waals surface area contributed by atoms with Gasteiger partial charge in [0.2, 0.25) is 0 Å². The van der Waals surface area contributed by atoms with Gasteiger partial charge in [-0.2, -0.15) is 5.26 Å². The largest absolute Gasteiger partial charge is 0.444 e. The highest BCUT2D eigenvalue weighted by atomic mass is 16.5. The highest BCUT2D eigenvalue weighted by molar-refractivity contribution is 5.86. The maximum Gasteiger partial charge on any atom is 0.411 e. The van der Waals surface area contributed by atoms with Crippen molar-refractivity contribution in [1.29, 1.82) is 5.26 Å². The molecule has 0 radical (unpaired) electrons. The first-order valence-electron chi connectivity index (χ1n) is 8.74. The minimum atomic E-state index is -0.491. The smallest absolute Gasteiger partial charge is 0.411 e. The Hall–Kier alpha value is -2.80. The number of nitrogens with zero attached hydrogens (tertiary/aromatic N) is 1. The average molecular weight is 332 g/mol. The topological polar surface area (TPSA) is 62.1 Å². The van der Waals surface area contributed by atoms with Crippen LogP contribution in [-0.4, -0.2) is 6.09 Å². The number of anilines is 1. The Balaban J connectivity index is 1.48. The van der Waals surface area contributed by atoms with Crippen LogP contribution in [0, 0.1) is 23.2 Å². The fourth-order valence-corrected chi connectivity index (χ4v) is 4.40. The third-order valence-corrected chi connectivity index (χ3v) is 5.58. The lowest BCUT2D eigenvalue weighted by Crippen LogP contribution is -2.19. The first-order chi connectivity index (χ1) is 12.3. The summed E-state index contributed by atoms with van der Waals surface area (Å²) in [5.41, 5.74) is 2.14. The molecule has 0 aliphatic heterocycles. The molecule has 1 amide bonds. The van der Waals surface area contributed by atoms with Crippen molar-refractivity contribution < 1.29 is 9.53 Å². The molecule has 0 bridgehead atoms. The van der Waals surface area contributed by atoms with Crippen LogP contribution in [0.5, 0.6) is 0 Å². The van der Waals surface area contributed by atoms with E-state index in [1.165, 1.54) is 6.42 Å². The predicted molar refractivity (Wildman–Crippen MR) is 94.8 cm³/mol. The summed E-state index contributed by atoms with van der Waals surface area (Å²) in [6.07, 6.45) is 2.92. The zero-order chi connectivity index (χ0) is 17.3. The van der Waals surface area contributed by atoms with E-state index in [4.69, 9.17) is 4.74 Å². The zero-order valence-corrected chi connectivity index (χ0v) is 13.9. The molecule has 0 heterocycles. The van der Waals surface area contributed by atoms with Gasteiger partial charge in [-0.3, -0.25) is 5.32 Å². The standard InChI is InChI=1S/C21H20N2O2/c22-14-21(16-10-6-11-17(16)21)18-9-4-5-12-19(18)23-20(24)25-13-15-7-2-1-3-8-15/h1-5,7-9,12,16-17H,6,10-11,13H2,(H,23,24)/t16-,17?,21?/m0/s1. The molecule has 4 heteroatoms. The van der Waals surface area contributed by atoms with Crippen LogP contribution in [0.1, 0.15) is 30.4 Å². The molecular weight excluding hydrogens is 312 g/mol. The van der Waals surface area contributed by atoms with Crippen LogP contribution < -0.4 is 5.32 Å². The van der Waals surface area contributed by atoms with Gasteiger partial charge in [0.05, 0.1) is 11.5 Å². The molecule has 0 spiro atoms. The highest BCUT2D eigenvalue weighted by Gasteiger charge is 2.68. The fourth-order valence-electron chi connectivity index (χ4n) is 4.40. The molecule has 2 aliphatic rings. The zero-order valence-electron chi connectivity index (χ0n) is 13.9. The number of amides is 1. The van der Waals surface area contributed by atoms with Crippen molar-refractivity contribution in [1.82, 2.24) is 0 Å². The molecule has 1 N–H and O–H groups in total. The number of hydrogen-bond donors (Lipinski definition) is 1. The average Bonchev–Trinajstić information content (AvgIpc) is 3.00. The van der Waals surface area contributed by atoms with Crippen molar-refractivity contribution in [3.05, 3.63) is 65.7 Å². The second-order valence-electron chi connectivity index (χ2n) is 6.86. The van der Waals surface area contributed by atoms with E-state index in [1.807, 2.05) is 54.6 Å². The number of rotatable bonds is 4. The number of nitrogens with one attached hydrogen (secondary N) is 1. The van der Waals surface area contributed by atoms with Crippen LogP contribution in [-0.2, 0) is 16.8 Å². The Morgan fingerprint density at radius 1 is 1.12 bits per heavy atom. The highest BCUT2D eigenvalue weighted by Crippen LogP contribution is 2.68. The molecule has 2 aromatic rings. The van der Waals surface area contributed by atoms with Crippen molar-refractivity contribution in [3.8, 4) is 6.07 Å². The van der Waals surface area contributed by atoms with Gasteiger partial charge >= 0.3 is 6.09 Å². The molecule has 3 atom stereocenters. The van der Waals surface area contributed by atoms with Gasteiger partial charge in [-0.15, -0.1) is 0 Å². The molecular formula is C21H20N2O2.